The summed E-state index contributed by atoms with van der Waals surface area (Å²) in [6.07, 6.45) is -0.754. The minimum absolute atomic E-state index is 0.386. The van der Waals surface area contributed by atoms with E-state index in [0.29, 0.717) is 28.0 Å². The van der Waals surface area contributed by atoms with Crippen LogP contribution in [0, 0.1) is 10.1 Å². The summed E-state index contributed by atoms with van der Waals surface area (Å²) in [4.78, 5) is 10.3. The number of halogens is 1. The summed E-state index contributed by atoms with van der Waals surface area (Å²) in [5, 5.41) is 20.8. The average molecular weight is 456 g/mol. The third-order valence-electron chi connectivity index (χ3n) is 3.67. The molecule has 1 aliphatic heterocycles. The maximum absolute atomic E-state index is 10.7. The average Bonchev–Trinajstić information content (AvgIpc) is 2.91. The molecule has 2 aromatic carbocycles. The van der Waals surface area contributed by atoms with E-state index in [4.69, 9.17) is 12.5 Å². The fourth-order valence-corrected chi connectivity index (χ4v) is 3.84. The molecule has 9 heteroatoms. The van der Waals surface area contributed by atoms with Crippen molar-refractivity contribution in [1.82, 2.24) is 0 Å². The summed E-state index contributed by atoms with van der Waals surface area (Å²) in [6.45, 7) is 0.135. The molecule has 0 aliphatic carbocycles. The van der Waals surface area contributed by atoms with Gasteiger partial charge in [-0.25, -0.2) is 0 Å². The molecule has 0 saturated carbocycles. The fourth-order valence-electron chi connectivity index (χ4n) is 2.59. The molecule has 0 radical (unpaired) electrons. The summed E-state index contributed by atoms with van der Waals surface area (Å²) in [7, 11) is -1.20. The molecule has 3 rings (SSSR count). The maximum atomic E-state index is 10.7. The molecule has 1 unspecified atom stereocenters. The molecule has 7 nitrogen and oxygen atoms in total. The van der Waals surface area contributed by atoms with Crippen molar-refractivity contribution >= 4 is 12.6 Å². The van der Waals surface area contributed by atoms with Gasteiger partial charge in [0.2, 0.25) is 0 Å². The second kappa shape index (κ2) is 8.61. The Kier molecular flexibility index (Phi) is 6.24. The molecule has 0 fully saturated rings. The summed E-state index contributed by atoms with van der Waals surface area (Å²) < 4.78 is 17.2. The van der Waals surface area contributed by atoms with Crippen molar-refractivity contribution in [1.29, 1.82) is 0 Å². The molecule has 1 N–H and O–H groups in total. The van der Waals surface area contributed by atoms with Crippen LogP contribution < -0.4 is 30.1 Å². The summed E-state index contributed by atoms with van der Waals surface area (Å²) >= 11 is -0.734. The molecule has 0 aromatic heterocycles. The standard InChI is InChI=1S/C16H16BINO6/c20-17-16-13(15(24-17)9-19(21)22)7-4-8-14(16)25-18-11-23-10-12-5-2-1-3-6-12/h1-8,15,20H,9-11H2/q-1. The van der Waals surface area contributed by atoms with Gasteiger partial charge < -0.3 is 0 Å². The molecule has 0 spiro atoms. The van der Waals surface area contributed by atoms with E-state index in [1.54, 1.807) is 18.2 Å². The Morgan fingerprint density at radius 2 is 2.04 bits per heavy atom. The van der Waals surface area contributed by atoms with Crippen LogP contribution in [0.25, 0.3) is 0 Å². The first-order valence-corrected chi connectivity index (χ1v) is 10.0. The SMILES string of the molecule is O=[N+]([O-])CC1OB(O)c2c(O[I-]COCc3ccccc3)cccc21. The van der Waals surface area contributed by atoms with Crippen LogP contribution in [0.15, 0.2) is 48.5 Å². The number of nitrogens with zero attached hydrogens (tertiary/aromatic N) is 1. The number of nitro groups is 1. The van der Waals surface area contributed by atoms with Crippen LogP contribution in [-0.4, -0.2) is 28.2 Å². The van der Waals surface area contributed by atoms with Gasteiger partial charge in [-0.1, -0.05) is 0 Å². The molecule has 1 atom stereocenters. The van der Waals surface area contributed by atoms with E-state index in [-0.39, 0.29) is 6.54 Å². The number of benzene rings is 2. The first-order chi connectivity index (χ1) is 12.1. The van der Waals surface area contributed by atoms with E-state index in [1.165, 1.54) is 0 Å². The summed E-state index contributed by atoms with van der Waals surface area (Å²) in [6, 6.07) is 15.1. The van der Waals surface area contributed by atoms with Crippen LogP contribution in [0.3, 0.4) is 0 Å². The Hall–Kier alpha value is -1.69. The van der Waals surface area contributed by atoms with Crippen LogP contribution in [0.2, 0.25) is 0 Å². The fraction of sp³-hybridized carbons (Fsp3) is 0.250. The van der Waals surface area contributed by atoms with Gasteiger partial charge in [-0.15, -0.1) is 0 Å². The van der Waals surface area contributed by atoms with Gasteiger partial charge in [0.15, 0.2) is 0 Å². The molecule has 1 heterocycles. The van der Waals surface area contributed by atoms with Gasteiger partial charge in [0.1, 0.15) is 0 Å². The predicted molar refractivity (Wildman–Crippen MR) is 86.5 cm³/mol. The third kappa shape index (κ3) is 4.69. The molecule has 25 heavy (non-hydrogen) atoms. The van der Waals surface area contributed by atoms with Crippen LogP contribution in [0.5, 0.6) is 5.75 Å². The molecule has 0 amide bonds. The van der Waals surface area contributed by atoms with Crippen LogP contribution in [0.1, 0.15) is 17.2 Å². The monoisotopic (exact) mass is 456 g/mol. The number of ether oxygens (including phenoxy) is 1. The van der Waals surface area contributed by atoms with Gasteiger partial charge in [-0.3, -0.25) is 0 Å². The molecule has 2 aromatic rings. The van der Waals surface area contributed by atoms with E-state index >= 15 is 0 Å². The van der Waals surface area contributed by atoms with Crippen molar-refractivity contribution in [3.8, 4) is 5.75 Å². The Labute approximate surface area is 156 Å². The second-order valence-electron chi connectivity index (χ2n) is 5.38. The first-order valence-electron chi connectivity index (χ1n) is 7.61. The van der Waals surface area contributed by atoms with Crippen molar-refractivity contribution in [2.45, 2.75) is 12.7 Å². The van der Waals surface area contributed by atoms with Gasteiger partial charge in [0, 0.05) is 0 Å². The molecule has 1 aliphatic rings. The predicted octanol–water partition coefficient (Wildman–Crippen LogP) is -1.72. The quantitative estimate of drug-likeness (QED) is 0.127. The van der Waals surface area contributed by atoms with Crippen molar-refractivity contribution in [3.05, 3.63) is 69.8 Å². The number of fused-ring (bicyclic) bond motifs is 1. The number of hydrogen-bond donors (Lipinski definition) is 1. The van der Waals surface area contributed by atoms with Gasteiger partial charge in [-0.2, -0.15) is 0 Å². The number of rotatable bonds is 8. The normalized spacial score (nSPS) is 16.0. The van der Waals surface area contributed by atoms with Crippen LogP contribution in [-0.2, 0) is 16.0 Å². The van der Waals surface area contributed by atoms with Crippen LogP contribution in [0.4, 0.5) is 0 Å². The zero-order chi connectivity index (χ0) is 17.6. The molecule has 0 bridgehead atoms. The Bertz CT molecular complexity index is 732. The van der Waals surface area contributed by atoms with Crippen molar-refractivity contribution in [2.24, 2.45) is 0 Å². The van der Waals surface area contributed by atoms with E-state index in [1.807, 2.05) is 30.3 Å². The first kappa shape index (κ1) is 18.1. The van der Waals surface area contributed by atoms with E-state index in [2.05, 4.69) is 0 Å². The zero-order valence-electron chi connectivity index (χ0n) is 13.2. The molecular weight excluding hydrogens is 440 g/mol. The summed E-state index contributed by atoms with van der Waals surface area (Å²) in [5.41, 5.74) is 2.19. The Morgan fingerprint density at radius 3 is 2.80 bits per heavy atom. The Balaban J connectivity index is 1.55. The van der Waals surface area contributed by atoms with E-state index in [0.717, 1.165) is 5.56 Å². The third-order valence-corrected chi connectivity index (χ3v) is 5.15. The van der Waals surface area contributed by atoms with E-state index < -0.39 is 39.8 Å². The minimum atomic E-state index is -1.20. The summed E-state index contributed by atoms with van der Waals surface area (Å²) in [5.74, 6) is 0.506. The van der Waals surface area contributed by atoms with E-state index in [9.17, 15) is 15.1 Å². The molecular formula is C16H16BINO6-. The number of alkyl halides is 1. The van der Waals surface area contributed by atoms with Gasteiger partial charge in [0.05, 0.1) is 0 Å². The second-order valence-corrected chi connectivity index (χ2v) is 7.07. The Morgan fingerprint density at radius 1 is 1.24 bits per heavy atom. The van der Waals surface area contributed by atoms with Gasteiger partial charge in [0.25, 0.3) is 0 Å². The molecule has 132 valence electrons. The van der Waals surface area contributed by atoms with Crippen molar-refractivity contribution < 1.29 is 44.0 Å². The van der Waals surface area contributed by atoms with Crippen molar-refractivity contribution in [2.75, 3.05) is 11.2 Å². The number of hydrogen-bond acceptors (Lipinski definition) is 6. The zero-order valence-corrected chi connectivity index (χ0v) is 15.4. The van der Waals surface area contributed by atoms with Gasteiger partial charge in [-0.05, 0) is 0 Å². The molecule has 0 saturated heterocycles. The topological polar surface area (TPSA) is 91.1 Å². The van der Waals surface area contributed by atoms with Crippen LogP contribution >= 0.6 is 0 Å². The van der Waals surface area contributed by atoms with Gasteiger partial charge >= 0.3 is 156 Å². The van der Waals surface area contributed by atoms with Crippen molar-refractivity contribution in [3.63, 3.8) is 0 Å².